The Morgan fingerprint density at radius 2 is 1.67 bits per heavy atom. The lowest BCUT2D eigenvalue weighted by molar-refractivity contribution is -0.143. The first-order valence-electron chi connectivity index (χ1n) is 9.07. The van der Waals surface area contributed by atoms with Gasteiger partial charge in [0, 0.05) is 6.42 Å². The van der Waals surface area contributed by atoms with Crippen LogP contribution >= 0.6 is 0 Å². The third-order valence-electron chi connectivity index (χ3n) is 4.65. The summed E-state index contributed by atoms with van der Waals surface area (Å²) in [6, 6.07) is 0. The Morgan fingerprint density at radius 1 is 1.04 bits per heavy atom. The highest BCUT2D eigenvalue weighted by Gasteiger charge is 2.49. The molecular formula is C19H33BO4. The maximum atomic E-state index is 11.6. The first kappa shape index (κ1) is 21.0. The highest BCUT2D eigenvalue weighted by molar-refractivity contribution is 6.51. The van der Waals surface area contributed by atoms with Gasteiger partial charge in [-0.25, -0.2) is 0 Å². The van der Waals surface area contributed by atoms with Crippen LogP contribution in [0.4, 0.5) is 0 Å². The van der Waals surface area contributed by atoms with Gasteiger partial charge in [0.25, 0.3) is 0 Å². The molecule has 4 nitrogen and oxygen atoms in total. The number of carbonyl (C=O) groups is 1. The fourth-order valence-corrected chi connectivity index (χ4v) is 2.40. The van der Waals surface area contributed by atoms with E-state index in [0.29, 0.717) is 19.4 Å². The number of hydrogen-bond acceptors (Lipinski definition) is 4. The van der Waals surface area contributed by atoms with E-state index in [1.54, 1.807) is 0 Å². The summed E-state index contributed by atoms with van der Waals surface area (Å²) in [5.74, 6) is 1.78. The Hall–Kier alpha value is -1.07. The van der Waals surface area contributed by atoms with Gasteiger partial charge in [0.15, 0.2) is 0 Å². The number of allylic oxidation sites excluding steroid dienone is 1. The van der Waals surface area contributed by atoms with E-state index >= 15 is 0 Å². The van der Waals surface area contributed by atoms with Gasteiger partial charge in [0.05, 0.1) is 17.8 Å². The SMILES string of the molecule is C=CCCCCCCC(=O)OCC/C=C/B1OC(C)(C)C(C)(C)O1. The lowest BCUT2D eigenvalue weighted by Gasteiger charge is -2.32. The first-order chi connectivity index (χ1) is 11.3. The summed E-state index contributed by atoms with van der Waals surface area (Å²) in [6.45, 7) is 12.2. The summed E-state index contributed by atoms with van der Waals surface area (Å²) in [4.78, 5) is 11.6. The van der Waals surface area contributed by atoms with Crippen LogP contribution in [0.25, 0.3) is 0 Å². The van der Waals surface area contributed by atoms with Crippen LogP contribution in [-0.4, -0.2) is 30.9 Å². The van der Waals surface area contributed by atoms with Crippen molar-refractivity contribution in [3.8, 4) is 0 Å². The Labute approximate surface area is 147 Å². The van der Waals surface area contributed by atoms with Gasteiger partial charge in [-0.1, -0.05) is 31.0 Å². The standard InChI is InChI=1S/C19H33BO4/c1-6-7-8-9-10-11-14-17(21)22-16-13-12-15-20-23-18(2,3)19(4,5)24-20/h6,12,15H,1,7-11,13-14,16H2,2-5H3/b15-12+. The van der Waals surface area contributed by atoms with Crippen molar-refractivity contribution in [2.75, 3.05) is 6.61 Å². The van der Waals surface area contributed by atoms with Crippen LogP contribution in [0.2, 0.25) is 0 Å². The van der Waals surface area contributed by atoms with E-state index in [-0.39, 0.29) is 24.3 Å². The van der Waals surface area contributed by atoms with Gasteiger partial charge in [-0.2, -0.15) is 0 Å². The van der Waals surface area contributed by atoms with Gasteiger partial charge in [0.2, 0.25) is 0 Å². The molecule has 1 heterocycles. The fraction of sp³-hybridized carbons (Fsp3) is 0.737. The molecule has 1 saturated heterocycles. The van der Waals surface area contributed by atoms with Crippen LogP contribution in [0.1, 0.15) is 72.6 Å². The van der Waals surface area contributed by atoms with E-state index in [0.717, 1.165) is 32.1 Å². The van der Waals surface area contributed by atoms with Crippen LogP contribution in [0.5, 0.6) is 0 Å². The van der Waals surface area contributed by atoms with Crippen molar-refractivity contribution in [1.82, 2.24) is 0 Å². The quantitative estimate of drug-likeness (QED) is 0.239. The third-order valence-corrected chi connectivity index (χ3v) is 4.65. The topological polar surface area (TPSA) is 44.8 Å². The minimum Gasteiger partial charge on any atom is -0.465 e. The molecule has 0 aliphatic carbocycles. The highest BCUT2D eigenvalue weighted by atomic mass is 16.7. The highest BCUT2D eigenvalue weighted by Crippen LogP contribution is 2.36. The van der Waals surface area contributed by atoms with Gasteiger partial charge in [0.1, 0.15) is 0 Å². The van der Waals surface area contributed by atoms with E-state index in [1.807, 2.05) is 45.8 Å². The van der Waals surface area contributed by atoms with Crippen molar-refractivity contribution in [3.05, 3.63) is 24.7 Å². The molecule has 24 heavy (non-hydrogen) atoms. The summed E-state index contributed by atoms with van der Waals surface area (Å²) >= 11 is 0. The molecule has 0 aromatic rings. The smallest absolute Gasteiger partial charge is 0.465 e. The molecule has 1 aliphatic heterocycles. The molecule has 0 amide bonds. The molecule has 0 N–H and O–H groups in total. The summed E-state index contributed by atoms with van der Waals surface area (Å²) < 4.78 is 17.0. The summed E-state index contributed by atoms with van der Waals surface area (Å²) in [7, 11) is -0.332. The van der Waals surface area contributed by atoms with Crippen molar-refractivity contribution in [3.63, 3.8) is 0 Å². The van der Waals surface area contributed by atoms with Gasteiger partial charge < -0.3 is 14.0 Å². The number of esters is 1. The van der Waals surface area contributed by atoms with E-state index in [4.69, 9.17) is 14.0 Å². The second kappa shape index (κ2) is 10.0. The minimum absolute atomic E-state index is 0.109. The summed E-state index contributed by atoms with van der Waals surface area (Å²) in [5.41, 5.74) is -0.639. The molecule has 0 aromatic carbocycles. The molecule has 136 valence electrons. The van der Waals surface area contributed by atoms with Crippen LogP contribution in [0.15, 0.2) is 24.7 Å². The van der Waals surface area contributed by atoms with Gasteiger partial charge in [-0.3, -0.25) is 4.79 Å². The molecule has 1 fully saturated rings. The summed E-state index contributed by atoms with van der Waals surface area (Å²) in [5, 5.41) is 0. The average Bonchev–Trinajstić information content (AvgIpc) is 2.70. The molecule has 0 radical (unpaired) electrons. The fourth-order valence-electron chi connectivity index (χ4n) is 2.40. The summed E-state index contributed by atoms with van der Waals surface area (Å²) in [6.07, 6.45) is 10.4. The second-order valence-corrected chi connectivity index (χ2v) is 7.30. The Morgan fingerprint density at radius 3 is 2.29 bits per heavy atom. The molecule has 1 aliphatic rings. The van der Waals surface area contributed by atoms with Crippen molar-refractivity contribution >= 4 is 13.1 Å². The van der Waals surface area contributed by atoms with Crippen molar-refractivity contribution in [2.45, 2.75) is 83.8 Å². The number of ether oxygens (including phenoxy) is 1. The van der Waals surface area contributed by atoms with Crippen LogP contribution < -0.4 is 0 Å². The van der Waals surface area contributed by atoms with Gasteiger partial charge in [-0.05, 0) is 53.4 Å². The number of unbranched alkanes of at least 4 members (excludes halogenated alkanes) is 4. The zero-order valence-corrected chi connectivity index (χ0v) is 15.8. The van der Waals surface area contributed by atoms with Crippen LogP contribution in [0, 0.1) is 0 Å². The van der Waals surface area contributed by atoms with E-state index in [9.17, 15) is 4.79 Å². The zero-order valence-electron chi connectivity index (χ0n) is 15.8. The predicted molar refractivity (Wildman–Crippen MR) is 98.7 cm³/mol. The third kappa shape index (κ3) is 7.22. The molecule has 0 atom stereocenters. The Bertz CT molecular complexity index is 413. The number of hydrogen-bond donors (Lipinski definition) is 0. The largest absolute Gasteiger partial charge is 0.486 e. The van der Waals surface area contributed by atoms with Crippen molar-refractivity contribution in [1.29, 1.82) is 0 Å². The Kier molecular flexibility index (Phi) is 8.78. The predicted octanol–water partition coefficient (Wildman–Crippen LogP) is 4.63. The molecular weight excluding hydrogens is 303 g/mol. The molecule has 0 saturated carbocycles. The lowest BCUT2D eigenvalue weighted by Crippen LogP contribution is -2.41. The maximum Gasteiger partial charge on any atom is 0.486 e. The zero-order chi connectivity index (χ0) is 18.1. The second-order valence-electron chi connectivity index (χ2n) is 7.30. The maximum absolute atomic E-state index is 11.6. The minimum atomic E-state index is -0.332. The van der Waals surface area contributed by atoms with Gasteiger partial charge in [-0.15, -0.1) is 6.58 Å². The molecule has 1 rings (SSSR count). The Balaban J connectivity index is 2.07. The average molecular weight is 336 g/mol. The van der Waals surface area contributed by atoms with Crippen molar-refractivity contribution in [2.24, 2.45) is 0 Å². The molecule has 0 bridgehead atoms. The molecule has 0 spiro atoms. The van der Waals surface area contributed by atoms with Crippen LogP contribution in [-0.2, 0) is 18.8 Å². The lowest BCUT2D eigenvalue weighted by atomic mass is 9.90. The number of rotatable bonds is 11. The molecule has 5 heteroatoms. The van der Waals surface area contributed by atoms with Gasteiger partial charge >= 0.3 is 13.1 Å². The molecule has 0 aromatic heterocycles. The number of carbonyl (C=O) groups excluding carboxylic acids is 1. The van der Waals surface area contributed by atoms with E-state index in [2.05, 4.69) is 6.58 Å². The first-order valence-corrected chi connectivity index (χ1v) is 9.07. The van der Waals surface area contributed by atoms with E-state index in [1.165, 1.54) is 0 Å². The normalized spacial score (nSPS) is 18.9. The van der Waals surface area contributed by atoms with Crippen molar-refractivity contribution < 1.29 is 18.8 Å². The monoisotopic (exact) mass is 336 g/mol. The van der Waals surface area contributed by atoms with Crippen LogP contribution in [0.3, 0.4) is 0 Å². The molecule has 0 unspecified atom stereocenters. The van der Waals surface area contributed by atoms with E-state index < -0.39 is 0 Å².